The van der Waals surface area contributed by atoms with Gasteiger partial charge in [-0.3, -0.25) is 9.69 Å². The number of oxazole rings is 1. The van der Waals surface area contributed by atoms with Crippen molar-refractivity contribution < 1.29 is 18.7 Å². The summed E-state index contributed by atoms with van der Waals surface area (Å²) in [5.41, 5.74) is 6.38. The van der Waals surface area contributed by atoms with Gasteiger partial charge in [0.05, 0.1) is 5.92 Å². The minimum absolute atomic E-state index is 0.0292. The summed E-state index contributed by atoms with van der Waals surface area (Å²) in [5, 5.41) is 9.37. The molecule has 1 N–H and O–H groups in total. The second kappa shape index (κ2) is 8.06. The first-order valence-electron chi connectivity index (χ1n) is 11.8. The Morgan fingerprint density at radius 2 is 1.91 bits per heavy atom. The number of likely N-dealkylation sites (tertiary alicyclic amines) is 1. The molecule has 2 aliphatic rings. The molecular formula is C28H25FN2O3. The van der Waals surface area contributed by atoms with Crippen LogP contribution in [0, 0.1) is 18.7 Å². The number of hydrogen-bond donors (Lipinski definition) is 1. The predicted molar refractivity (Wildman–Crippen MR) is 128 cm³/mol. The number of benzene rings is 3. The Balaban J connectivity index is 1.39. The number of halogens is 1. The Kier molecular flexibility index (Phi) is 4.99. The van der Waals surface area contributed by atoms with Crippen LogP contribution in [0.25, 0.3) is 33.7 Å². The fourth-order valence-electron chi connectivity index (χ4n) is 5.64. The molecule has 0 amide bonds. The lowest BCUT2D eigenvalue weighted by Crippen LogP contribution is -2.26. The van der Waals surface area contributed by atoms with Crippen molar-refractivity contribution in [1.82, 2.24) is 9.88 Å². The van der Waals surface area contributed by atoms with Crippen LogP contribution in [0.4, 0.5) is 4.39 Å². The normalized spacial score (nSPS) is 20.2. The van der Waals surface area contributed by atoms with Crippen LogP contribution in [-0.2, 0) is 11.2 Å². The third kappa shape index (κ3) is 3.32. The third-order valence-electron chi connectivity index (χ3n) is 7.44. The molecule has 0 bridgehead atoms. The quantitative estimate of drug-likeness (QED) is 0.408. The molecule has 1 saturated heterocycles. The van der Waals surface area contributed by atoms with E-state index in [1.165, 1.54) is 0 Å². The molecule has 5 nitrogen and oxygen atoms in total. The minimum atomic E-state index is -0.753. The van der Waals surface area contributed by atoms with Crippen LogP contribution >= 0.6 is 0 Å². The van der Waals surface area contributed by atoms with Gasteiger partial charge in [0.15, 0.2) is 11.4 Å². The summed E-state index contributed by atoms with van der Waals surface area (Å²) in [5.74, 6) is -1.02. The molecule has 0 radical (unpaired) electrons. The molecule has 6 heteroatoms. The van der Waals surface area contributed by atoms with E-state index in [0.29, 0.717) is 36.4 Å². The number of carboxylic acids is 1. The number of rotatable bonds is 4. The lowest BCUT2D eigenvalue weighted by Gasteiger charge is -2.24. The Morgan fingerprint density at radius 3 is 2.68 bits per heavy atom. The molecule has 6 rings (SSSR count). The summed E-state index contributed by atoms with van der Waals surface area (Å²) in [7, 11) is 0. The molecule has 0 spiro atoms. The SMILES string of the molecule is Cc1c(-c2ccccc2)cccc1-c1nc2cc3c(c(F)c2o1)CC[C@H]3N1CC[C@@H](C(=O)O)C1. The van der Waals surface area contributed by atoms with Crippen LogP contribution in [-0.4, -0.2) is 34.0 Å². The number of aromatic nitrogens is 1. The molecule has 2 atom stereocenters. The maximum Gasteiger partial charge on any atom is 0.307 e. The summed E-state index contributed by atoms with van der Waals surface area (Å²) in [6.07, 6.45) is 2.04. The van der Waals surface area contributed by atoms with Crippen molar-refractivity contribution >= 4 is 17.1 Å². The average Bonchev–Trinajstić information content (AvgIpc) is 3.58. The van der Waals surface area contributed by atoms with Gasteiger partial charge in [-0.05, 0) is 72.7 Å². The molecule has 34 heavy (non-hydrogen) atoms. The number of carboxylic acid groups (broad SMARTS) is 1. The van der Waals surface area contributed by atoms with E-state index in [0.717, 1.165) is 40.8 Å². The topological polar surface area (TPSA) is 66.6 Å². The lowest BCUT2D eigenvalue weighted by molar-refractivity contribution is -0.141. The van der Waals surface area contributed by atoms with E-state index >= 15 is 4.39 Å². The van der Waals surface area contributed by atoms with Crippen molar-refractivity contribution in [3.63, 3.8) is 0 Å². The number of carbonyl (C=O) groups is 1. The van der Waals surface area contributed by atoms with Gasteiger partial charge in [0.1, 0.15) is 5.52 Å². The zero-order chi connectivity index (χ0) is 23.4. The Hall–Kier alpha value is -3.51. The molecule has 172 valence electrons. The summed E-state index contributed by atoms with van der Waals surface area (Å²) in [6, 6.07) is 18.1. The van der Waals surface area contributed by atoms with Gasteiger partial charge >= 0.3 is 5.97 Å². The van der Waals surface area contributed by atoms with Crippen LogP contribution in [0.2, 0.25) is 0 Å². The van der Waals surface area contributed by atoms with Crippen LogP contribution < -0.4 is 0 Å². The number of aliphatic carboxylic acids is 1. The van der Waals surface area contributed by atoms with Gasteiger partial charge in [-0.25, -0.2) is 9.37 Å². The highest BCUT2D eigenvalue weighted by Crippen LogP contribution is 2.43. The molecule has 3 aromatic carbocycles. The fraction of sp³-hybridized carbons (Fsp3) is 0.286. The summed E-state index contributed by atoms with van der Waals surface area (Å²) in [6.45, 7) is 3.26. The van der Waals surface area contributed by atoms with Crippen LogP contribution in [0.3, 0.4) is 0 Å². The largest absolute Gasteiger partial charge is 0.481 e. The van der Waals surface area contributed by atoms with Gasteiger partial charge in [0.25, 0.3) is 0 Å². The molecule has 4 aromatic rings. The Bertz CT molecular complexity index is 1410. The van der Waals surface area contributed by atoms with Gasteiger partial charge in [-0.15, -0.1) is 0 Å². The summed E-state index contributed by atoms with van der Waals surface area (Å²) in [4.78, 5) is 18.3. The molecule has 1 aliphatic heterocycles. The van der Waals surface area contributed by atoms with Crippen molar-refractivity contribution in [1.29, 1.82) is 0 Å². The molecule has 1 fully saturated rings. The minimum Gasteiger partial charge on any atom is -0.481 e. The van der Waals surface area contributed by atoms with Crippen LogP contribution in [0.1, 0.15) is 35.6 Å². The standard InChI is InChI=1S/C28H25FN2O3/c1-16-19(17-6-3-2-4-7-17)8-5-9-20(16)27-30-23-14-22-21(25(29)26(23)34-27)10-11-24(22)31-13-12-18(15-31)28(32)33/h2-9,14,18,24H,10-13,15H2,1H3,(H,32,33)/t18-,24-/m1/s1. The van der Waals surface area contributed by atoms with Crippen LogP contribution in [0.5, 0.6) is 0 Å². The zero-order valence-corrected chi connectivity index (χ0v) is 18.9. The van der Waals surface area contributed by atoms with E-state index in [1.54, 1.807) is 0 Å². The second-order valence-corrected chi connectivity index (χ2v) is 9.34. The fourth-order valence-corrected chi connectivity index (χ4v) is 5.64. The van der Waals surface area contributed by atoms with E-state index in [4.69, 9.17) is 9.40 Å². The van der Waals surface area contributed by atoms with Crippen LogP contribution in [0.15, 0.2) is 59.0 Å². The third-order valence-corrected chi connectivity index (χ3v) is 7.44. The number of fused-ring (bicyclic) bond motifs is 2. The van der Waals surface area contributed by atoms with Crippen molar-refractivity contribution in [2.24, 2.45) is 5.92 Å². The van der Waals surface area contributed by atoms with Gasteiger partial charge in [0.2, 0.25) is 5.89 Å². The highest BCUT2D eigenvalue weighted by Gasteiger charge is 2.37. The maximum atomic E-state index is 15.6. The van der Waals surface area contributed by atoms with Gasteiger partial charge < -0.3 is 9.52 Å². The zero-order valence-electron chi connectivity index (χ0n) is 18.9. The first-order chi connectivity index (χ1) is 16.5. The molecule has 0 unspecified atom stereocenters. The molecule has 1 aliphatic carbocycles. The van der Waals surface area contributed by atoms with Crippen molar-refractivity contribution in [2.75, 3.05) is 13.1 Å². The second-order valence-electron chi connectivity index (χ2n) is 9.34. The molecule has 0 saturated carbocycles. The van der Waals surface area contributed by atoms with Gasteiger partial charge in [-0.1, -0.05) is 42.5 Å². The molecular weight excluding hydrogens is 431 g/mol. The average molecular weight is 457 g/mol. The lowest BCUT2D eigenvalue weighted by atomic mass is 9.96. The van der Waals surface area contributed by atoms with Crippen molar-refractivity contribution in [3.05, 3.63) is 77.1 Å². The van der Waals surface area contributed by atoms with E-state index in [2.05, 4.69) is 23.1 Å². The highest BCUT2D eigenvalue weighted by molar-refractivity contribution is 5.82. The van der Waals surface area contributed by atoms with E-state index in [-0.39, 0.29) is 23.4 Å². The van der Waals surface area contributed by atoms with Gasteiger partial charge in [-0.2, -0.15) is 0 Å². The summed E-state index contributed by atoms with van der Waals surface area (Å²) >= 11 is 0. The number of hydrogen-bond acceptors (Lipinski definition) is 4. The Morgan fingerprint density at radius 1 is 1.12 bits per heavy atom. The van der Waals surface area contributed by atoms with E-state index in [1.807, 2.05) is 43.3 Å². The number of nitrogens with zero attached hydrogens (tertiary/aromatic N) is 2. The smallest absolute Gasteiger partial charge is 0.307 e. The monoisotopic (exact) mass is 456 g/mol. The van der Waals surface area contributed by atoms with Crippen molar-refractivity contribution in [2.45, 2.75) is 32.2 Å². The first kappa shape index (κ1) is 21.1. The Labute approximate surface area is 196 Å². The highest BCUT2D eigenvalue weighted by atomic mass is 19.1. The predicted octanol–water partition coefficient (Wildman–Crippen LogP) is 6.00. The molecule has 2 heterocycles. The van der Waals surface area contributed by atoms with E-state index < -0.39 is 5.97 Å². The van der Waals surface area contributed by atoms with Gasteiger partial charge in [0, 0.05) is 18.2 Å². The van der Waals surface area contributed by atoms with E-state index in [9.17, 15) is 9.90 Å². The maximum absolute atomic E-state index is 15.6. The first-order valence-corrected chi connectivity index (χ1v) is 11.8. The van der Waals surface area contributed by atoms with Crippen molar-refractivity contribution in [3.8, 4) is 22.6 Å². The summed E-state index contributed by atoms with van der Waals surface area (Å²) < 4.78 is 21.6. The molecule has 1 aromatic heterocycles.